The van der Waals surface area contributed by atoms with Crippen molar-refractivity contribution in [2.45, 2.75) is 31.4 Å². The van der Waals surface area contributed by atoms with Crippen LogP contribution in [0.15, 0.2) is 18.2 Å². The molecule has 1 aromatic rings. The first-order valence-corrected chi connectivity index (χ1v) is 7.47. The van der Waals surface area contributed by atoms with Gasteiger partial charge in [0.1, 0.15) is 11.6 Å². The number of amides is 1. The smallest absolute Gasteiger partial charge is 0.254 e. The molecule has 2 atom stereocenters. The molecule has 0 aromatic heterocycles. The SMILES string of the molecule is COc1ccc(C(=O)N[C@@H]2C[C@@H](O)C23CCOCC3)c(F)c1. The topological polar surface area (TPSA) is 67.8 Å². The van der Waals surface area contributed by atoms with Gasteiger partial charge in [0.25, 0.3) is 5.91 Å². The maximum absolute atomic E-state index is 14.0. The summed E-state index contributed by atoms with van der Waals surface area (Å²) >= 11 is 0. The van der Waals surface area contributed by atoms with Gasteiger partial charge in [0, 0.05) is 30.7 Å². The molecule has 2 N–H and O–H groups in total. The van der Waals surface area contributed by atoms with Crippen LogP contribution in [0, 0.1) is 11.2 Å². The standard InChI is InChI=1S/C16H20FNO4/c1-21-10-2-3-11(12(17)8-10)15(20)18-13-9-14(19)16(13)4-6-22-7-5-16/h2-3,8,13-14,19H,4-7,9H2,1H3,(H,18,20)/t13-,14-/m1/s1. The summed E-state index contributed by atoms with van der Waals surface area (Å²) in [4.78, 5) is 12.3. The van der Waals surface area contributed by atoms with Gasteiger partial charge in [-0.3, -0.25) is 4.79 Å². The minimum absolute atomic E-state index is 0.00982. The highest BCUT2D eigenvalue weighted by atomic mass is 19.1. The number of aliphatic hydroxyl groups is 1. The van der Waals surface area contributed by atoms with Gasteiger partial charge in [0.05, 0.1) is 18.8 Å². The molecule has 6 heteroatoms. The molecule has 120 valence electrons. The number of carbonyl (C=O) groups excluding carboxylic acids is 1. The molecule has 1 aliphatic carbocycles. The van der Waals surface area contributed by atoms with Crippen LogP contribution in [0.5, 0.6) is 5.75 Å². The summed E-state index contributed by atoms with van der Waals surface area (Å²) in [6.07, 6.45) is 1.50. The van der Waals surface area contributed by atoms with Gasteiger partial charge in [-0.15, -0.1) is 0 Å². The van der Waals surface area contributed by atoms with Gasteiger partial charge < -0.3 is 19.9 Å². The number of benzene rings is 1. The second-order valence-corrected chi connectivity index (χ2v) is 5.97. The molecule has 0 unspecified atom stereocenters. The second kappa shape index (κ2) is 5.85. The number of methoxy groups -OCH3 is 1. The number of carbonyl (C=O) groups is 1. The lowest BCUT2D eigenvalue weighted by Crippen LogP contribution is -2.65. The van der Waals surface area contributed by atoms with E-state index in [9.17, 15) is 14.3 Å². The third kappa shape index (κ3) is 2.46. The summed E-state index contributed by atoms with van der Waals surface area (Å²) in [6.45, 7) is 1.17. The van der Waals surface area contributed by atoms with Crippen molar-refractivity contribution in [3.05, 3.63) is 29.6 Å². The lowest BCUT2D eigenvalue weighted by atomic mass is 9.58. The summed E-state index contributed by atoms with van der Waals surface area (Å²) in [7, 11) is 1.44. The molecular formula is C16H20FNO4. The Morgan fingerprint density at radius 2 is 2.18 bits per heavy atom. The Balaban J connectivity index is 1.72. The first-order valence-electron chi connectivity index (χ1n) is 7.47. The van der Waals surface area contributed by atoms with Gasteiger partial charge in [-0.1, -0.05) is 0 Å². The van der Waals surface area contributed by atoms with Crippen molar-refractivity contribution >= 4 is 5.91 Å². The van der Waals surface area contributed by atoms with Crippen LogP contribution in [-0.4, -0.2) is 43.5 Å². The predicted molar refractivity (Wildman–Crippen MR) is 77.3 cm³/mol. The van der Waals surface area contributed by atoms with Crippen molar-refractivity contribution in [3.63, 3.8) is 0 Å². The van der Waals surface area contributed by atoms with E-state index in [1.807, 2.05) is 0 Å². The van der Waals surface area contributed by atoms with Crippen molar-refractivity contribution in [2.24, 2.45) is 5.41 Å². The molecule has 2 fully saturated rings. The quantitative estimate of drug-likeness (QED) is 0.888. The van der Waals surface area contributed by atoms with Gasteiger partial charge >= 0.3 is 0 Å². The van der Waals surface area contributed by atoms with E-state index >= 15 is 0 Å². The Bertz CT molecular complexity index is 571. The van der Waals surface area contributed by atoms with Gasteiger partial charge in [-0.2, -0.15) is 0 Å². The molecule has 2 aliphatic rings. The van der Waals surface area contributed by atoms with Crippen LogP contribution >= 0.6 is 0 Å². The molecule has 3 rings (SSSR count). The largest absolute Gasteiger partial charge is 0.497 e. The fourth-order valence-corrected chi connectivity index (χ4v) is 3.44. The summed E-state index contributed by atoms with van der Waals surface area (Å²) < 4.78 is 24.2. The Morgan fingerprint density at radius 3 is 2.77 bits per heavy atom. The Morgan fingerprint density at radius 1 is 1.45 bits per heavy atom. The zero-order chi connectivity index (χ0) is 15.7. The van der Waals surface area contributed by atoms with Gasteiger partial charge in [-0.25, -0.2) is 4.39 Å². The lowest BCUT2D eigenvalue weighted by Gasteiger charge is -2.55. The number of halogens is 1. The first kappa shape index (κ1) is 15.2. The summed E-state index contributed by atoms with van der Waals surface area (Å²) in [5.74, 6) is -0.699. The number of aliphatic hydroxyl groups excluding tert-OH is 1. The van der Waals surface area contributed by atoms with Crippen molar-refractivity contribution in [2.75, 3.05) is 20.3 Å². The van der Waals surface area contributed by atoms with E-state index in [0.29, 0.717) is 38.2 Å². The molecule has 1 aliphatic heterocycles. The van der Waals surface area contributed by atoms with Crippen LogP contribution in [0.4, 0.5) is 4.39 Å². The van der Waals surface area contributed by atoms with Crippen LogP contribution in [0.25, 0.3) is 0 Å². The van der Waals surface area contributed by atoms with Crippen LogP contribution in [0.3, 0.4) is 0 Å². The number of hydrogen-bond acceptors (Lipinski definition) is 4. The molecule has 1 heterocycles. The molecule has 0 radical (unpaired) electrons. The molecule has 1 aromatic carbocycles. The van der Waals surface area contributed by atoms with Crippen LogP contribution in [0.2, 0.25) is 0 Å². The normalized spacial score (nSPS) is 26.3. The molecule has 1 saturated carbocycles. The van der Waals surface area contributed by atoms with Crippen molar-refractivity contribution < 1.29 is 23.8 Å². The Hall–Kier alpha value is -1.66. The molecule has 1 spiro atoms. The van der Waals surface area contributed by atoms with Crippen LogP contribution in [-0.2, 0) is 4.74 Å². The predicted octanol–water partition coefficient (Wildman–Crippen LogP) is 1.49. The average Bonchev–Trinajstić information content (AvgIpc) is 2.55. The van der Waals surface area contributed by atoms with E-state index in [0.717, 1.165) is 0 Å². The molecule has 0 bridgehead atoms. The maximum atomic E-state index is 14.0. The summed E-state index contributed by atoms with van der Waals surface area (Å²) in [5.41, 5.74) is -0.332. The van der Waals surface area contributed by atoms with Crippen molar-refractivity contribution in [3.8, 4) is 5.75 Å². The highest BCUT2D eigenvalue weighted by molar-refractivity contribution is 5.95. The van der Waals surface area contributed by atoms with Gasteiger partial charge in [0.2, 0.25) is 0 Å². The third-order valence-electron chi connectivity index (χ3n) is 4.97. The summed E-state index contributed by atoms with van der Waals surface area (Å²) in [5, 5.41) is 13.0. The van der Waals surface area contributed by atoms with E-state index in [-0.39, 0.29) is 17.0 Å². The number of ether oxygens (including phenoxy) is 2. The second-order valence-electron chi connectivity index (χ2n) is 5.97. The highest BCUT2D eigenvalue weighted by Crippen LogP contribution is 2.49. The fourth-order valence-electron chi connectivity index (χ4n) is 3.44. The lowest BCUT2D eigenvalue weighted by molar-refractivity contribution is -0.145. The zero-order valence-corrected chi connectivity index (χ0v) is 12.5. The molecular weight excluding hydrogens is 289 g/mol. The van der Waals surface area contributed by atoms with Crippen LogP contribution in [0.1, 0.15) is 29.6 Å². The van der Waals surface area contributed by atoms with Crippen LogP contribution < -0.4 is 10.1 Å². The van der Waals surface area contributed by atoms with E-state index in [2.05, 4.69) is 5.32 Å². The van der Waals surface area contributed by atoms with Gasteiger partial charge in [0.15, 0.2) is 0 Å². The average molecular weight is 309 g/mol. The third-order valence-corrected chi connectivity index (χ3v) is 4.97. The van der Waals surface area contributed by atoms with E-state index in [4.69, 9.17) is 9.47 Å². The molecule has 22 heavy (non-hydrogen) atoms. The zero-order valence-electron chi connectivity index (χ0n) is 12.5. The maximum Gasteiger partial charge on any atom is 0.254 e. The monoisotopic (exact) mass is 309 g/mol. The highest BCUT2D eigenvalue weighted by Gasteiger charge is 2.55. The number of hydrogen-bond donors (Lipinski definition) is 2. The Labute approximate surface area is 128 Å². The molecule has 1 saturated heterocycles. The summed E-state index contributed by atoms with van der Waals surface area (Å²) in [6, 6.07) is 4.02. The van der Waals surface area contributed by atoms with Crippen molar-refractivity contribution in [1.29, 1.82) is 0 Å². The van der Waals surface area contributed by atoms with E-state index < -0.39 is 17.8 Å². The first-order chi connectivity index (χ1) is 10.6. The van der Waals surface area contributed by atoms with Crippen molar-refractivity contribution in [1.82, 2.24) is 5.32 Å². The molecule has 1 amide bonds. The van der Waals surface area contributed by atoms with E-state index in [1.54, 1.807) is 6.07 Å². The molecule has 5 nitrogen and oxygen atoms in total. The number of nitrogens with one attached hydrogen (secondary N) is 1. The minimum atomic E-state index is -0.613. The minimum Gasteiger partial charge on any atom is -0.497 e. The fraction of sp³-hybridized carbons (Fsp3) is 0.562. The Kier molecular flexibility index (Phi) is 4.06. The number of rotatable bonds is 3. The van der Waals surface area contributed by atoms with Gasteiger partial charge in [-0.05, 0) is 31.4 Å². The van der Waals surface area contributed by atoms with E-state index in [1.165, 1.54) is 19.2 Å².